The van der Waals surface area contributed by atoms with Gasteiger partial charge in [-0.15, -0.1) is 0 Å². The second kappa shape index (κ2) is 6.60. The number of aromatic nitrogens is 1. The second-order valence-corrected chi connectivity index (χ2v) is 4.49. The van der Waals surface area contributed by atoms with Gasteiger partial charge >= 0.3 is 0 Å². The molecule has 1 heterocycles. The number of hydrogen-bond donors (Lipinski definition) is 2. The topological polar surface area (TPSA) is 54.0 Å². The molecule has 0 bridgehead atoms. The van der Waals surface area contributed by atoms with Crippen LogP contribution in [0.15, 0.2) is 22.8 Å². The van der Waals surface area contributed by atoms with Crippen LogP contribution >= 0.6 is 15.9 Å². The summed E-state index contributed by atoms with van der Waals surface area (Å²) >= 11 is 3.29. The SMILES string of the molecule is CCNC(C)CC(=O)Nc1ccc(Br)cn1. The van der Waals surface area contributed by atoms with Crippen LogP contribution in [0.25, 0.3) is 0 Å². The highest BCUT2D eigenvalue weighted by atomic mass is 79.9. The van der Waals surface area contributed by atoms with Crippen LogP contribution in [0.2, 0.25) is 0 Å². The van der Waals surface area contributed by atoms with Crippen molar-refractivity contribution in [3.05, 3.63) is 22.8 Å². The number of halogens is 1. The van der Waals surface area contributed by atoms with Crippen molar-refractivity contribution in [2.75, 3.05) is 11.9 Å². The summed E-state index contributed by atoms with van der Waals surface area (Å²) in [5.74, 6) is 0.556. The van der Waals surface area contributed by atoms with Crippen molar-refractivity contribution >= 4 is 27.7 Å². The zero-order valence-electron chi connectivity index (χ0n) is 9.46. The average Bonchev–Trinajstić information content (AvgIpc) is 2.21. The Labute approximate surface area is 104 Å². The fourth-order valence-corrected chi connectivity index (χ4v) is 1.58. The van der Waals surface area contributed by atoms with Crippen LogP contribution in [-0.4, -0.2) is 23.5 Å². The van der Waals surface area contributed by atoms with E-state index in [-0.39, 0.29) is 11.9 Å². The molecule has 0 aromatic carbocycles. The van der Waals surface area contributed by atoms with Crippen molar-refractivity contribution in [3.8, 4) is 0 Å². The van der Waals surface area contributed by atoms with Gasteiger partial charge in [0.05, 0.1) is 0 Å². The van der Waals surface area contributed by atoms with Crippen LogP contribution < -0.4 is 10.6 Å². The van der Waals surface area contributed by atoms with Gasteiger partial charge in [-0.2, -0.15) is 0 Å². The van der Waals surface area contributed by atoms with Crippen molar-refractivity contribution in [2.24, 2.45) is 0 Å². The van der Waals surface area contributed by atoms with Crippen molar-refractivity contribution < 1.29 is 4.79 Å². The Morgan fingerprint density at radius 1 is 1.56 bits per heavy atom. The maximum atomic E-state index is 11.6. The molecule has 1 aromatic heterocycles. The number of pyridine rings is 1. The molecule has 2 N–H and O–H groups in total. The summed E-state index contributed by atoms with van der Waals surface area (Å²) in [6.07, 6.45) is 2.11. The number of nitrogens with zero attached hydrogens (tertiary/aromatic N) is 1. The molecule has 0 aliphatic heterocycles. The lowest BCUT2D eigenvalue weighted by Crippen LogP contribution is -2.30. The molecule has 1 unspecified atom stereocenters. The number of nitrogens with one attached hydrogen (secondary N) is 2. The van der Waals surface area contributed by atoms with Gasteiger partial charge in [-0.1, -0.05) is 6.92 Å². The number of hydrogen-bond acceptors (Lipinski definition) is 3. The zero-order valence-corrected chi connectivity index (χ0v) is 11.0. The third-order valence-electron chi connectivity index (χ3n) is 2.04. The maximum absolute atomic E-state index is 11.6. The van der Waals surface area contributed by atoms with Gasteiger partial charge in [-0.3, -0.25) is 4.79 Å². The van der Waals surface area contributed by atoms with Gasteiger partial charge in [0.25, 0.3) is 0 Å². The predicted octanol–water partition coefficient (Wildman–Crippen LogP) is 2.17. The fraction of sp³-hybridized carbons (Fsp3) is 0.455. The lowest BCUT2D eigenvalue weighted by atomic mass is 10.2. The minimum atomic E-state index is -0.0247. The van der Waals surface area contributed by atoms with Crippen LogP contribution in [0.3, 0.4) is 0 Å². The summed E-state index contributed by atoms with van der Waals surface area (Å²) in [4.78, 5) is 15.7. The van der Waals surface area contributed by atoms with E-state index in [1.54, 1.807) is 12.3 Å². The van der Waals surface area contributed by atoms with Crippen LogP contribution in [0, 0.1) is 0 Å². The minimum Gasteiger partial charge on any atom is -0.314 e. The van der Waals surface area contributed by atoms with Gasteiger partial charge in [-0.05, 0) is 41.5 Å². The summed E-state index contributed by atoms with van der Waals surface area (Å²) in [6, 6.07) is 3.79. The first-order valence-corrected chi connectivity index (χ1v) is 6.06. The minimum absolute atomic E-state index is 0.0247. The molecule has 88 valence electrons. The molecule has 0 saturated carbocycles. The quantitative estimate of drug-likeness (QED) is 0.872. The highest BCUT2D eigenvalue weighted by molar-refractivity contribution is 9.10. The molecule has 1 amide bonds. The van der Waals surface area contributed by atoms with Crippen molar-refractivity contribution in [3.63, 3.8) is 0 Å². The summed E-state index contributed by atoms with van der Waals surface area (Å²) in [7, 11) is 0. The fourth-order valence-electron chi connectivity index (χ4n) is 1.34. The molecule has 0 aliphatic rings. The van der Waals surface area contributed by atoms with Crippen LogP contribution in [0.4, 0.5) is 5.82 Å². The molecule has 0 saturated heterocycles. The number of rotatable bonds is 5. The standard InChI is InChI=1S/C11H16BrN3O/c1-3-13-8(2)6-11(16)15-10-5-4-9(12)7-14-10/h4-5,7-8,13H,3,6H2,1-2H3,(H,14,15,16). The molecule has 5 heteroatoms. The Morgan fingerprint density at radius 2 is 2.31 bits per heavy atom. The van der Waals surface area contributed by atoms with Crippen LogP contribution in [0.1, 0.15) is 20.3 Å². The number of carbonyl (C=O) groups excluding carboxylic acids is 1. The van der Waals surface area contributed by atoms with Gasteiger partial charge in [-0.25, -0.2) is 4.98 Å². The summed E-state index contributed by atoms with van der Waals surface area (Å²) in [5, 5.41) is 5.93. The third kappa shape index (κ3) is 4.72. The van der Waals surface area contributed by atoms with Gasteiger partial charge in [0.15, 0.2) is 0 Å². The van der Waals surface area contributed by atoms with Gasteiger partial charge in [0.2, 0.25) is 5.91 Å². The highest BCUT2D eigenvalue weighted by Crippen LogP contribution is 2.10. The molecule has 1 rings (SSSR count). The molecular weight excluding hydrogens is 270 g/mol. The summed E-state index contributed by atoms with van der Waals surface area (Å²) < 4.78 is 0.895. The normalized spacial score (nSPS) is 12.2. The van der Waals surface area contributed by atoms with Crippen molar-refractivity contribution in [2.45, 2.75) is 26.3 Å². The first-order valence-electron chi connectivity index (χ1n) is 5.26. The Hall–Kier alpha value is -0.940. The number of carbonyl (C=O) groups is 1. The molecule has 1 aromatic rings. The van der Waals surface area contributed by atoms with E-state index in [2.05, 4.69) is 31.5 Å². The van der Waals surface area contributed by atoms with E-state index in [0.717, 1.165) is 11.0 Å². The summed E-state index contributed by atoms with van der Waals surface area (Å²) in [6.45, 7) is 4.87. The lowest BCUT2D eigenvalue weighted by Gasteiger charge is -2.11. The molecule has 0 radical (unpaired) electrons. The average molecular weight is 286 g/mol. The van der Waals surface area contributed by atoms with E-state index < -0.39 is 0 Å². The zero-order chi connectivity index (χ0) is 12.0. The Morgan fingerprint density at radius 3 is 2.88 bits per heavy atom. The predicted molar refractivity (Wildman–Crippen MR) is 68.3 cm³/mol. The van der Waals surface area contributed by atoms with E-state index in [9.17, 15) is 4.79 Å². The number of anilines is 1. The Bertz CT molecular complexity index is 340. The van der Waals surface area contributed by atoms with Gasteiger partial charge in [0, 0.05) is 23.1 Å². The molecule has 16 heavy (non-hydrogen) atoms. The van der Waals surface area contributed by atoms with E-state index >= 15 is 0 Å². The van der Waals surface area contributed by atoms with Crippen molar-refractivity contribution in [1.82, 2.24) is 10.3 Å². The van der Waals surface area contributed by atoms with E-state index in [1.165, 1.54) is 0 Å². The summed E-state index contributed by atoms with van der Waals surface area (Å²) in [5.41, 5.74) is 0. The van der Waals surface area contributed by atoms with Crippen LogP contribution in [0.5, 0.6) is 0 Å². The lowest BCUT2D eigenvalue weighted by molar-refractivity contribution is -0.116. The van der Waals surface area contributed by atoms with E-state index in [1.807, 2.05) is 19.9 Å². The Kier molecular flexibility index (Phi) is 5.42. The molecule has 0 fully saturated rings. The third-order valence-corrected chi connectivity index (χ3v) is 2.51. The second-order valence-electron chi connectivity index (χ2n) is 3.57. The molecule has 4 nitrogen and oxygen atoms in total. The highest BCUT2D eigenvalue weighted by Gasteiger charge is 2.08. The first kappa shape index (κ1) is 13.1. The molecule has 0 aliphatic carbocycles. The monoisotopic (exact) mass is 285 g/mol. The van der Waals surface area contributed by atoms with Gasteiger partial charge in [0.1, 0.15) is 5.82 Å². The van der Waals surface area contributed by atoms with Crippen LogP contribution in [-0.2, 0) is 4.79 Å². The number of amides is 1. The molecular formula is C11H16BrN3O. The largest absolute Gasteiger partial charge is 0.314 e. The smallest absolute Gasteiger partial charge is 0.227 e. The maximum Gasteiger partial charge on any atom is 0.227 e. The molecule has 1 atom stereocenters. The van der Waals surface area contributed by atoms with Crippen molar-refractivity contribution in [1.29, 1.82) is 0 Å². The first-order chi connectivity index (χ1) is 7.61. The Balaban J connectivity index is 2.42. The van der Waals surface area contributed by atoms with E-state index in [4.69, 9.17) is 0 Å². The van der Waals surface area contributed by atoms with E-state index in [0.29, 0.717) is 12.2 Å². The molecule has 0 spiro atoms. The van der Waals surface area contributed by atoms with Gasteiger partial charge < -0.3 is 10.6 Å².